The van der Waals surface area contributed by atoms with Crippen LogP contribution in [0.5, 0.6) is 0 Å². The molecule has 0 aromatic heterocycles. The Morgan fingerprint density at radius 2 is 1.79 bits per heavy atom. The maximum absolute atomic E-state index is 14.0. The number of nitrogens with zero attached hydrogens (tertiary/aromatic N) is 2. The molecule has 1 saturated heterocycles. The normalized spacial score (nSPS) is 19.1. The van der Waals surface area contributed by atoms with Gasteiger partial charge in [0.15, 0.2) is 0 Å². The molecule has 2 aliphatic heterocycles. The summed E-state index contributed by atoms with van der Waals surface area (Å²) in [7, 11) is 0. The van der Waals surface area contributed by atoms with Crippen LogP contribution in [0.3, 0.4) is 0 Å². The quantitative estimate of drug-likeness (QED) is 0.565. The zero-order chi connectivity index (χ0) is 24.0. The van der Waals surface area contributed by atoms with Crippen molar-refractivity contribution >= 4 is 58.1 Å². The van der Waals surface area contributed by atoms with Crippen molar-refractivity contribution in [2.24, 2.45) is 0 Å². The molecule has 5 rings (SSSR count). The molecule has 2 heterocycles. The summed E-state index contributed by atoms with van der Waals surface area (Å²) in [6, 6.07) is 20.0. The fraction of sp³-hybridized carbons (Fsp3) is 0.192. The molecule has 0 aliphatic carbocycles. The summed E-state index contributed by atoms with van der Waals surface area (Å²) in [6.07, 6.45) is 0. The average Bonchev–Trinajstić information content (AvgIpc) is 3.28. The zero-order valence-corrected chi connectivity index (χ0v) is 20.2. The van der Waals surface area contributed by atoms with Crippen LogP contribution < -0.4 is 15.1 Å². The van der Waals surface area contributed by atoms with E-state index in [4.69, 9.17) is 11.6 Å². The van der Waals surface area contributed by atoms with Crippen molar-refractivity contribution in [2.45, 2.75) is 18.7 Å². The molecule has 0 radical (unpaired) electrons. The standard InChI is InChI=1S/C26H22ClN3O3S/c1-16-7-8-17(2)21(13-16)28-23(31)14-29-22-6-4-3-5-20(22)26(25(29)33)30(24(32)15-34-26)19-11-9-18(27)10-12-19/h3-13H,14-15H2,1-2H3,(H,28,31)/t26-/m0/s1. The van der Waals surface area contributed by atoms with Crippen LogP contribution in [0, 0.1) is 13.8 Å². The molecule has 3 amide bonds. The summed E-state index contributed by atoms with van der Waals surface area (Å²) >= 11 is 7.33. The van der Waals surface area contributed by atoms with Crippen molar-refractivity contribution in [1.29, 1.82) is 0 Å². The molecule has 34 heavy (non-hydrogen) atoms. The van der Waals surface area contributed by atoms with Crippen LogP contribution in [0.1, 0.15) is 16.7 Å². The Kier molecular flexibility index (Phi) is 5.62. The number of aryl methyl sites for hydroxylation is 2. The molecule has 3 aromatic rings. The number of para-hydroxylation sites is 1. The molecule has 0 bridgehead atoms. The Labute approximate surface area is 206 Å². The Hall–Kier alpha value is -3.29. The second-order valence-electron chi connectivity index (χ2n) is 8.41. The Balaban J connectivity index is 1.51. The van der Waals surface area contributed by atoms with Crippen LogP contribution in [0.2, 0.25) is 5.02 Å². The first-order chi connectivity index (χ1) is 16.3. The van der Waals surface area contributed by atoms with Crippen LogP contribution in [-0.2, 0) is 19.3 Å². The number of hydrogen-bond donors (Lipinski definition) is 1. The van der Waals surface area contributed by atoms with E-state index in [1.165, 1.54) is 21.6 Å². The third-order valence-electron chi connectivity index (χ3n) is 6.12. The summed E-state index contributed by atoms with van der Waals surface area (Å²) in [5.41, 5.74) is 4.60. The van der Waals surface area contributed by atoms with Gasteiger partial charge in [0.1, 0.15) is 6.54 Å². The lowest BCUT2D eigenvalue weighted by molar-refractivity contribution is -0.124. The highest BCUT2D eigenvalue weighted by Gasteiger charge is 2.61. The second kappa shape index (κ2) is 8.49. The number of hydrogen-bond acceptors (Lipinski definition) is 4. The third kappa shape index (κ3) is 3.56. The van der Waals surface area contributed by atoms with Gasteiger partial charge in [-0.05, 0) is 61.4 Å². The number of carbonyl (C=O) groups is 3. The third-order valence-corrected chi connectivity index (χ3v) is 7.76. The lowest BCUT2D eigenvalue weighted by Crippen LogP contribution is -2.50. The summed E-state index contributed by atoms with van der Waals surface area (Å²) in [5.74, 6) is -0.625. The summed E-state index contributed by atoms with van der Waals surface area (Å²) in [5, 5.41) is 3.47. The fourth-order valence-electron chi connectivity index (χ4n) is 4.51. The number of carbonyl (C=O) groups excluding carboxylic acids is 3. The van der Waals surface area contributed by atoms with Gasteiger partial charge < -0.3 is 5.32 Å². The smallest absolute Gasteiger partial charge is 0.269 e. The average molecular weight is 492 g/mol. The maximum atomic E-state index is 14.0. The highest BCUT2D eigenvalue weighted by Crippen LogP contribution is 2.55. The minimum atomic E-state index is -1.26. The highest BCUT2D eigenvalue weighted by molar-refractivity contribution is 8.02. The molecule has 0 unspecified atom stereocenters. The zero-order valence-electron chi connectivity index (χ0n) is 18.7. The Morgan fingerprint density at radius 1 is 1.06 bits per heavy atom. The van der Waals surface area contributed by atoms with Crippen molar-refractivity contribution in [3.8, 4) is 0 Å². The van der Waals surface area contributed by atoms with E-state index in [9.17, 15) is 14.4 Å². The van der Waals surface area contributed by atoms with E-state index in [1.807, 2.05) is 56.3 Å². The Bertz CT molecular complexity index is 1330. The molecule has 1 spiro atoms. The van der Waals surface area contributed by atoms with Crippen LogP contribution in [0.4, 0.5) is 17.1 Å². The van der Waals surface area contributed by atoms with Crippen molar-refractivity contribution in [2.75, 3.05) is 27.4 Å². The number of halogens is 1. The van der Waals surface area contributed by atoms with Crippen molar-refractivity contribution < 1.29 is 14.4 Å². The van der Waals surface area contributed by atoms with Crippen LogP contribution in [0.25, 0.3) is 0 Å². The monoisotopic (exact) mass is 491 g/mol. The van der Waals surface area contributed by atoms with E-state index in [2.05, 4.69) is 5.32 Å². The molecule has 8 heteroatoms. The first-order valence-corrected chi connectivity index (χ1v) is 12.2. The molecule has 1 fully saturated rings. The lowest BCUT2D eigenvalue weighted by Gasteiger charge is -2.33. The summed E-state index contributed by atoms with van der Waals surface area (Å²) < 4.78 is 0. The topological polar surface area (TPSA) is 69.7 Å². The number of fused-ring (bicyclic) bond motifs is 2. The first kappa shape index (κ1) is 22.5. The van der Waals surface area contributed by atoms with Crippen LogP contribution in [-0.4, -0.2) is 30.0 Å². The van der Waals surface area contributed by atoms with Crippen molar-refractivity contribution in [1.82, 2.24) is 0 Å². The van der Waals surface area contributed by atoms with Gasteiger partial charge in [0.2, 0.25) is 16.7 Å². The number of amides is 3. The number of thioether (sulfide) groups is 1. The van der Waals surface area contributed by atoms with Crippen LogP contribution in [0.15, 0.2) is 66.7 Å². The second-order valence-corrected chi connectivity index (χ2v) is 10.0. The molecular weight excluding hydrogens is 470 g/mol. The van der Waals surface area contributed by atoms with Gasteiger partial charge >= 0.3 is 0 Å². The fourth-order valence-corrected chi connectivity index (χ4v) is 5.99. The minimum absolute atomic E-state index is 0.158. The van der Waals surface area contributed by atoms with Gasteiger partial charge in [-0.1, -0.05) is 41.9 Å². The van der Waals surface area contributed by atoms with E-state index in [1.54, 1.807) is 24.3 Å². The van der Waals surface area contributed by atoms with Gasteiger partial charge in [0, 0.05) is 22.0 Å². The molecule has 6 nitrogen and oxygen atoms in total. The molecule has 172 valence electrons. The maximum Gasteiger partial charge on any atom is 0.269 e. The van der Waals surface area contributed by atoms with Crippen molar-refractivity contribution in [3.63, 3.8) is 0 Å². The van der Waals surface area contributed by atoms with Gasteiger partial charge in [-0.2, -0.15) is 0 Å². The van der Waals surface area contributed by atoms with E-state index in [-0.39, 0.29) is 30.0 Å². The molecule has 0 saturated carbocycles. The van der Waals surface area contributed by atoms with Gasteiger partial charge in [-0.25, -0.2) is 0 Å². The molecular formula is C26H22ClN3O3S. The molecule has 1 N–H and O–H groups in total. The van der Waals surface area contributed by atoms with Gasteiger partial charge in [-0.15, -0.1) is 11.8 Å². The molecule has 1 atom stereocenters. The predicted molar refractivity (Wildman–Crippen MR) is 136 cm³/mol. The molecule has 3 aromatic carbocycles. The van der Waals surface area contributed by atoms with Gasteiger partial charge in [-0.3, -0.25) is 24.2 Å². The SMILES string of the molecule is Cc1ccc(C)c(NC(=O)CN2C(=O)[C@@]3(SCC(=O)N3c3ccc(Cl)cc3)c3ccccc32)c1. The van der Waals surface area contributed by atoms with Crippen molar-refractivity contribution in [3.05, 3.63) is 88.4 Å². The van der Waals surface area contributed by atoms with E-state index in [0.717, 1.165) is 11.1 Å². The van der Waals surface area contributed by atoms with E-state index >= 15 is 0 Å². The number of anilines is 3. The highest BCUT2D eigenvalue weighted by atomic mass is 35.5. The van der Waals surface area contributed by atoms with E-state index in [0.29, 0.717) is 27.6 Å². The molecule has 2 aliphatic rings. The van der Waals surface area contributed by atoms with Crippen LogP contribution >= 0.6 is 23.4 Å². The minimum Gasteiger partial charge on any atom is -0.324 e. The van der Waals surface area contributed by atoms with Gasteiger partial charge in [0.25, 0.3) is 5.91 Å². The Morgan fingerprint density at radius 3 is 2.56 bits per heavy atom. The number of nitrogens with one attached hydrogen (secondary N) is 1. The number of benzene rings is 3. The summed E-state index contributed by atoms with van der Waals surface area (Å²) in [4.78, 5) is 41.8. The summed E-state index contributed by atoms with van der Waals surface area (Å²) in [6.45, 7) is 3.72. The number of rotatable bonds is 4. The first-order valence-electron chi connectivity index (χ1n) is 10.8. The van der Waals surface area contributed by atoms with E-state index < -0.39 is 4.87 Å². The predicted octanol–water partition coefficient (Wildman–Crippen LogP) is 4.87. The lowest BCUT2D eigenvalue weighted by atomic mass is 10.0. The van der Waals surface area contributed by atoms with Gasteiger partial charge in [0.05, 0.1) is 11.4 Å². The largest absolute Gasteiger partial charge is 0.324 e.